The van der Waals surface area contributed by atoms with Gasteiger partial charge in [-0.15, -0.1) is 0 Å². The highest BCUT2D eigenvalue weighted by Crippen LogP contribution is 2.35. The van der Waals surface area contributed by atoms with Gasteiger partial charge in [0.15, 0.2) is 28.2 Å². The Balaban J connectivity index is 1.38. The smallest absolute Gasteiger partial charge is 0.198 e. The molecule has 1 unspecified atom stereocenters. The summed E-state index contributed by atoms with van der Waals surface area (Å²) in [6, 6.07) is 17.4. The van der Waals surface area contributed by atoms with Crippen LogP contribution < -0.4 is 14.2 Å². The zero-order valence-electron chi connectivity index (χ0n) is 16.5. The van der Waals surface area contributed by atoms with Crippen LogP contribution in [0.25, 0.3) is 0 Å². The quantitative estimate of drug-likeness (QED) is 0.554. The van der Waals surface area contributed by atoms with Crippen LogP contribution >= 0.6 is 12.2 Å². The first kappa shape index (κ1) is 19.5. The Hall–Kier alpha value is -2.84. The van der Waals surface area contributed by atoms with Crippen LogP contribution in [0, 0.1) is 4.77 Å². The molecule has 29 heavy (non-hydrogen) atoms. The maximum atomic E-state index is 6.08. The zero-order valence-corrected chi connectivity index (χ0v) is 17.3. The summed E-state index contributed by atoms with van der Waals surface area (Å²) in [6.07, 6.45) is -0.301. The van der Waals surface area contributed by atoms with E-state index >= 15 is 0 Å². The Morgan fingerprint density at radius 2 is 1.86 bits per heavy atom. The molecule has 0 N–H and O–H groups in total. The molecule has 0 saturated carbocycles. The van der Waals surface area contributed by atoms with E-state index in [1.54, 1.807) is 4.68 Å². The van der Waals surface area contributed by atoms with Gasteiger partial charge in [-0.1, -0.05) is 30.3 Å². The maximum absolute atomic E-state index is 6.08. The Kier molecular flexibility index (Phi) is 5.82. The summed E-state index contributed by atoms with van der Waals surface area (Å²) in [7, 11) is 3.92. The van der Waals surface area contributed by atoms with Crippen molar-refractivity contribution in [3.05, 3.63) is 65.2 Å². The molecule has 0 fully saturated rings. The van der Waals surface area contributed by atoms with E-state index in [1.807, 2.05) is 73.3 Å². The molecule has 8 heteroatoms. The van der Waals surface area contributed by atoms with Gasteiger partial charge in [-0.05, 0) is 43.5 Å². The van der Waals surface area contributed by atoms with Crippen molar-refractivity contribution in [1.82, 2.24) is 19.2 Å². The fraction of sp³-hybridized carbons (Fsp3) is 0.333. The zero-order chi connectivity index (χ0) is 20.2. The summed E-state index contributed by atoms with van der Waals surface area (Å²) >= 11 is 5.58. The van der Waals surface area contributed by atoms with Crippen molar-refractivity contribution in [2.45, 2.75) is 12.8 Å². The van der Waals surface area contributed by atoms with Crippen LogP contribution in [0.3, 0.4) is 0 Å². The molecular formula is C21H24N4O3S. The summed E-state index contributed by atoms with van der Waals surface area (Å²) in [6.45, 7) is 2.30. The molecule has 0 radical (unpaired) electrons. The Bertz CT molecular complexity index is 1020. The van der Waals surface area contributed by atoms with Gasteiger partial charge in [0.2, 0.25) is 0 Å². The molecule has 1 atom stereocenters. The van der Waals surface area contributed by atoms with Crippen molar-refractivity contribution >= 4 is 12.2 Å². The first-order chi connectivity index (χ1) is 14.1. The average Bonchev–Trinajstić information content (AvgIpc) is 3.02. The van der Waals surface area contributed by atoms with Crippen LogP contribution in [0.1, 0.15) is 11.9 Å². The molecule has 0 aliphatic carbocycles. The lowest BCUT2D eigenvalue weighted by atomic mass is 10.2. The lowest BCUT2D eigenvalue weighted by Crippen LogP contribution is -2.28. The third-order valence-electron chi connectivity index (χ3n) is 4.73. The predicted molar refractivity (Wildman–Crippen MR) is 112 cm³/mol. The van der Waals surface area contributed by atoms with Gasteiger partial charge < -0.3 is 18.8 Å². The van der Waals surface area contributed by atoms with Crippen LogP contribution in [0.15, 0.2) is 54.6 Å². The second kappa shape index (κ2) is 8.67. The molecular weight excluding hydrogens is 388 g/mol. The van der Waals surface area contributed by atoms with Crippen LogP contribution in [0.2, 0.25) is 0 Å². The summed E-state index contributed by atoms with van der Waals surface area (Å²) in [5.74, 6) is 3.09. The first-order valence-electron chi connectivity index (χ1n) is 9.50. The Morgan fingerprint density at radius 1 is 1.14 bits per heavy atom. The minimum absolute atomic E-state index is 0.301. The normalized spacial score (nSPS) is 15.5. The SMILES string of the molecule is CN(CCOc1ccccc1)Cn1nc(C2COc3ccccc3O2)n(C)c1=S. The second-order valence-corrected chi connectivity index (χ2v) is 7.31. The number of hydrogen-bond acceptors (Lipinski definition) is 6. The molecule has 1 aliphatic heterocycles. The van der Waals surface area contributed by atoms with Crippen molar-refractivity contribution in [2.75, 3.05) is 26.8 Å². The molecule has 0 bridgehead atoms. The van der Waals surface area contributed by atoms with Gasteiger partial charge in [-0.2, -0.15) is 5.10 Å². The molecule has 0 saturated heterocycles. The first-order valence-corrected chi connectivity index (χ1v) is 9.91. The predicted octanol–water partition coefficient (Wildman–Crippen LogP) is 3.43. The number of hydrogen-bond donors (Lipinski definition) is 0. The molecule has 2 aromatic carbocycles. The van der Waals surface area contributed by atoms with Gasteiger partial charge in [-0.25, -0.2) is 4.68 Å². The number of ether oxygens (including phenoxy) is 3. The fourth-order valence-electron chi connectivity index (χ4n) is 3.16. The van der Waals surface area contributed by atoms with E-state index in [0.29, 0.717) is 24.7 Å². The summed E-state index contributed by atoms with van der Waals surface area (Å²) in [5, 5.41) is 4.70. The van der Waals surface area contributed by atoms with E-state index < -0.39 is 0 Å². The van der Waals surface area contributed by atoms with Gasteiger partial charge in [0.1, 0.15) is 19.0 Å². The highest BCUT2D eigenvalue weighted by Gasteiger charge is 2.27. The lowest BCUT2D eigenvalue weighted by Gasteiger charge is -2.25. The largest absolute Gasteiger partial charge is 0.492 e. The third-order valence-corrected chi connectivity index (χ3v) is 5.22. The van der Waals surface area contributed by atoms with E-state index in [4.69, 9.17) is 31.5 Å². The maximum Gasteiger partial charge on any atom is 0.198 e. The number of rotatable bonds is 7. The summed E-state index contributed by atoms with van der Waals surface area (Å²) in [5.41, 5.74) is 0. The van der Waals surface area contributed by atoms with Crippen LogP contribution in [0.5, 0.6) is 17.2 Å². The minimum atomic E-state index is -0.301. The molecule has 0 amide bonds. The average molecular weight is 413 g/mol. The van der Waals surface area contributed by atoms with Crippen molar-refractivity contribution in [3.8, 4) is 17.2 Å². The second-order valence-electron chi connectivity index (χ2n) is 6.95. The fourth-order valence-corrected chi connectivity index (χ4v) is 3.35. The van der Waals surface area contributed by atoms with Gasteiger partial charge in [0.05, 0.1) is 6.67 Å². The van der Waals surface area contributed by atoms with Gasteiger partial charge in [0, 0.05) is 13.6 Å². The Morgan fingerprint density at radius 3 is 2.66 bits per heavy atom. The van der Waals surface area contributed by atoms with Crippen LogP contribution in [0.4, 0.5) is 0 Å². The number of aromatic nitrogens is 3. The third kappa shape index (κ3) is 4.44. The van der Waals surface area contributed by atoms with E-state index in [-0.39, 0.29) is 6.10 Å². The monoisotopic (exact) mass is 412 g/mol. The van der Waals surface area contributed by atoms with Crippen molar-refractivity contribution in [3.63, 3.8) is 0 Å². The van der Waals surface area contributed by atoms with Gasteiger partial charge in [-0.3, -0.25) is 4.90 Å². The van der Waals surface area contributed by atoms with E-state index in [9.17, 15) is 0 Å². The highest BCUT2D eigenvalue weighted by atomic mass is 32.1. The van der Waals surface area contributed by atoms with Gasteiger partial charge >= 0.3 is 0 Å². The summed E-state index contributed by atoms with van der Waals surface area (Å²) < 4.78 is 22.0. The molecule has 1 aromatic heterocycles. The number of nitrogens with zero attached hydrogens (tertiary/aromatic N) is 4. The van der Waals surface area contributed by atoms with Crippen molar-refractivity contribution in [2.24, 2.45) is 7.05 Å². The molecule has 3 aromatic rings. The van der Waals surface area contributed by atoms with E-state index in [1.165, 1.54) is 0 Å². The van der Waals surface area contributed by atoms with Crippen molar-refractivity contribution in [1.29, 1.82) is 0 Å². The number of fused-ring (bicyclic) bond motifs is 1. The molecule has 7 nitrogen and oxygen atoms in total. The molecule has 0 spiro atoms. The summed E-state index contributed by atoms with van der Waals surface area (Å²) in [4.78, 5) is 2.11. The highest BCUT2D eigenvalue weighted by molar-refractivity contribution is 7.71. The molecule has 152 valence electrons. The molecule has 1 aliphatic rings. The Labute approximate surface area is 175 Å². The minimum Gasteiger partial charge on any atom is -0.492 e. The topological polar surface area (TPSA) is 53.7 Å². The molecule has 2 heterocycles. The number of benzene rings is 2. The number of likely N-dealkylation sites (N-methyl/N-ethyl adjacent to an activating group) is 1. The van der Waals surface area contributed by atoms with Gasteiger partial charge in [0.25, 0.3) is 0 Å². The molecule has 4 rings (SSSR count). The van der Waals surface area contributed by atoms with Crippen molar-refractivity contribution < 1.29 is 14.2 Å². The van der Waals surface area contributed by atoms with E-state index in [0.717, 1.165) is 29.6 Å². The van der Waals surface area contributed by atoms with Crippen LogP contribution in [-0.4, -0.2) is 46.1 Å². The van der Waals surface area contributed by atoms with E-state index in [2.05, 4.69) is 4.90 Å². The lowest BCUT2D eigenvalue weighted by molar-refractivity contribution is 0.0821. The van der Waals surface area contributed by atoms with Crippen LogP contribution in [-0.2, 0) is 13.7 Å². The standard InChI is InChI=1S/C21H24N4O3S/c1-23(12-13-26-16-8-4-3-5-9-16)15-25-21(29)24(2)20(22-25)19-14-27-17-10-6-7-11-18(17)28-19/h3-11,19H,12-15H2,1-2H3. The number of para-hydroxylation sites is 3.